The lowest BCUT2D eigenvalue weighted by molar-refractivity contribution is -0.134. The SMILES string of the molecule is O=C(c1cc2ccccc2[nH]1)N1CCN(C(=O)C2CC2c2cccs2)CC1. The average molecular weight is 379 g/mol. The van der Waals surface area contributed by atoms with Crippen molar-refractivity contribution in [1.29, 1.82) is 0 Å². The summed E-state index contributed by atoms with van der Waals surface area (Å²) in [5.74, 6) is 0.815. The molecule has 2 aromatic heterocycles. The molecule has 1 saturated carbocycles. The van der Waals surface area contributed by atoms with Crippen LogP contribution >= 0.6 is 11.3 Å². The van der Waals surface area contributed by atoms with E-state index in [2.05, 4.69) is 16.4 Å². The second-order valence-electron chi connectivity index (χ2n) is 7.35. The molecule has 138 valence electrons. The Morgan fingerprint density at radius 1 is 1.00 bits per heavy atom. The van der Waals surface area contributed by atoms with Crippen LogP contribution in [0.5, 0.6) is 0 Å². The molecule has 0 radical (unpaired) electrons. The van der Waals surface area contributed by atoms with Crippen molar-refractivity contribution in [3.05, 3.63) is 58.4 Å². The van der Waals surface area contributed by atoms with E-state index in [0.717, 1.165) is 17.3 Å². The number of nitrogens with one attached hydrogen (secondary N) is 1. The zero-order valence-corrected chi connectivity index (χ0v) is 15.7. The van der Waals surface area contributed by atoms with E-state index in [9.17, 15) is 9.59 Å². The Morgan fingerprint density at radius 2 is 1.78 bits per heavy atom. The van der Waals surface area contributed by atoms with E-state index in [-0.39, 0.29) is 17.7 Å². The van der Waals surface area contributed by atoms with Crippen LogP contribution in [0.3, 0.4) is 0 Å². The number of para-hydroxylation sites is 1. The van der Waals surface area contributed by atoms with Gasteiger partial charge in [0.1, 0.15) is 5.69 Å². The molecule has 0 bridgehead atoms. The summed E-state index contributed by atoms with van der Waals surface area (Å²) in [4.78, 5) is 33.9. The molecule has 6 heteroatoms. The number of rotatable bonds is 3. The maximum absolute atomic E-state index is 12.8. The minimum absolute atomic E-state index is 0.0150. The van der Waals surface area contributed by atoms with Gasteiger partial charge >= 0.3 is 0 Å². The minimum Gasteiger partial charge on any atom is -0.351 e. The molecule has 1 aliphatic heterocycles. The molecule has 3 heterocycles. The molecule has 2 atom stereocenters. The predicted molar refractivity (Wildman–Crippen MR) is 106 cm³/mol. The van der Waals surface area contributed by atoms with E-state index in [4.69, 9.17) is 0 Å². The molecule has 2 unspecified atom stereocenters. The summed E-state index contributed by atoms with van der Waals surface area (Å²) in [5, 5.41) is 3.12. The van der Waals surface area contributed by atoms with E-state index in [1.54, 1.807) is 11.3 Å². The summed E-state index contributed by atoms with van der Waals surface area (Å²) in [6.07, 6.45) is 0.966. The lowest BCUT2D eigenvalue weighted by Gasteiger charge is -2.34. The number of carbonyl (C=O) groups excluding carboxylic acids is 2. The number of nitrogens with zero attached hydrogens (tertiary/aromatic N) is 2. The lowest BCUT2D eigenvalue weighted by Crippen LogP contribution is -2.51. The maximum Gasteiger partial charge on any atom is 0.270 e. The van der Waals surface area contributed by atoms with Gasteiger partial charge in [0.25, 0.3) is 5.91 Å². The van der Waals surface area contributed by atoms with Crippen LogP contribution in [0.2, 0.25) is 0 Å². The Bertz CT molecular complexity index is 953. The van der Waals surface area contributed by atoms with Crippen molar-refractivity contribution >= 4 is 34.1 Å². The molecule has 5 rings (SSSR count). The van der Waals surface area contributed by atoms with E-state index >= 15 is 0 Å². The summed E-state index contributed by atoms with van der Waals surface area (Å²) in [7, 11) is 0. The van der Waals surface area contributed by atoms with Gasteiger partial charge in [-0.15, -0.1) is 11.3 Å². The van der Waals surface area contributed by atoms with Crippen molar-refractivity contribution in [3.63, 3.8) is 0 Å². The van der Waals surface area contributed by atoms with E-state index < -0.39 is 0 Å². The third-order valence-electron chi connectivity index (χ3n) is 5.66. The van der Waals surface area contributed by atoms with E-state index in [1.165, 1.54) is 4.88 Å². The number of aromatic nitrogens is 1. The number of amides is 2. The highest BCUT2D eigenvalue weighted by Crippen LogP contribution is 2.50. The van der Waals surface area contributed by atoms with Gasteiger partial charge in [-0.05, 0) is 30.0 Å². The van der Waals surface area contributed by atoms with Crippen molar-refractivity contribution in [3.8, 4) is 0 Å². The Kier molecular flexibility index (Phi) is 4.01. The quantitative estimate of drug-likeness (QED) is 0.759. The van der Waals surface area contributed by atoms with Gasteiger partial charge in [-0.1, -0.05) is 24.3 Å². The fraction of sp³-hybridized carbons (Fsp3) is 0.333. The molecule has 2 fully saturated rings. The topological polar surface area (TPSA) is 56.4 Å². The third-order valence-corrected chi connectivity index (χ3v) is 6.66. The van der Waals surface area contributed by atoms with Crippen LogP contribution in [0.25, 0.3) is 10.9 Å². The molecule has 0 spiro atoms. The summed E-state index contributed by atoms with van der Waals surface area (Å²) < 4.78 is 0. The monoisotopic (exact) mass is 379 g/mol. The minimum atomic E-state index is 0.0150. The Labute approximate surface area is 161 Å². The first kappa shape index (κ1) is 16.6. The fourth-order valence-corrected chi connectivity index (χ4v) is 4.91. The molecule has 1 aromatic carbocycles. The van der Waals surface area contributed by atoms with Gasteiger partial charge in [-0.2, -0.15) is 0 Å². The number of hydrogen-bond acceptors (Lipinski definition) is 3. The van der Waals surface area contributed by atoms with Gasteiger partial charge in [0.15, 0.2) is 0 Å². The maximum atomic E-state index is 12.8. The van der Waals surface area contributed by atoms with Gasteiger partial charge in [-0.25, -0.2) is 0 Å². The number of H-pyrrole nitrogens is 1. The zero-order chi connectivity index (χ0) is 18.4. The van der Waals surface area contributed by atoms with Crippen molar-refractivity contribution in [2.45, 2.75) is 12.3 Å². The van der Waals surface area contributed by atoms with Gasteiger partial charge in [0.2, 0.25) is 5.91 Å². The van der Waals surface area contributed by atoms with Crippen LogP contribution in [-0.4, -0.2) is 52.8 Å². The number of thiophene rings is 1. The van der Waals surface area contributed by atoms with Gasteiger partial charge in [0.05, 0.1) is 0 Å². The molecule has 27 heavy (non-hydrogen) atoms. The normalized spacial score (nSPS) is 22.2. The number of aromatic amines is 1. The Morgan fingerprint density at radius 3 is 2.52 bits per heavy atom. The van der Waals surface area contributed by atoms with Crippen LogP contribution in [-0.2, 0) is 4.79 Å². The van der Waals surface area contributed by atoms with Gasteiger partial charge in [-0.3, -0.25) is 9.59 Å². The van der Waals surface area contributed by atoms with Crippen molar-refractivity contribution in [2.75, 3.05) is 26.2 Å². The molecular formula is C21H21N3O2S. The van der Waals surface area contributed by atoms with Crippen molar-refractivity contribution in [2.24, 2.45) is 5.92 Å². The van der Waals surface area contributed by atoms with Crippen LogP contribution in [0.1, 0.15) is 27.7 Å². The number of benzene rings is 1. The molecule has 1 saturated heterocycles. The second-order valence-corrected chi connectivity index (χ2v) is 8.33. The van der Waals surface area contributed by atoms with E-state index in [1.807, 2.05) is 46.2 Å². The highest BCUT2D eigenvalue weighted by molar-refractivity contribution is 7.10. The zero-order valence-electron chi connectivity index (χ0n) is 14.9. The fourth-order valence-electron chi connectivity index (χ4n) is 4.01. The largest absolute Gasteiger partial charge is 0.351 e. The van der Waals surface area contributed by atoms with Gasteiger partial charge in [0, 0.05) is 53.8 Å². The number of piperazine rings is 1. The van der Waals surface area contributed by atoms with Crippen LogP contribution in [0.4, 0.5) is 0 Å². The smallest absolute Gasteiger partial charge is 0.270 e. The van der Waals surface area contributed by atoms with Gasteiger partial charge < -0.3 is 14.8 Å². The first-order valence-corrected chi connectivity index (χ1v) is 10.3. The number of carbonyl (C=O) groups is 2. The number of fused-ring (bicyclic) bond motifs is 1. The molecule has 5 nitrogen and oxygen atoms in total. The molecule has 1 N–H and O–H groups in total. The number of hydrogen-bond donors (Lipinski definition) is 1. The Balaban J connectivity index is 1.20. The third kappa shape index (κ3) is 3.04. The summed E-state index contributed by atoms with van der Waals surface area (Å²) in [6, 6.07) is 14.0. The average Bonchev–Trinajstić information content (AvgIpc) is 3.13. The Hall–Kier alpha value is -2.60. The predicted octanol–water partition coefficient (Wildman–Crippen LogP) is 3.32. The summed E-state index contributed by atoms with van der Waals surface area (Å²) in [5.41, 5.74) is 1.60. The summed E-state index contributed by atoms with van der Waals surface area (Å²) >= 11 is 1.74. The van der Waals surface area contributed by atoms with E-state index in [0.29, 0.717) is 37.8 Å². The molecule has 1 aliphatic carbocycles. The summed E-state index contributed by atoms with van der Waals surface area (Å²) in [6.45, 7) is 2.43. The highest BCUT2D eigenvalue weighted by Gasteiger charge is 2.46. The first-order chi connectivity index (χ1) is 13.2. The second kappa shape index (κ2) is 6.53. The molecule has 3 aromatic rings. The molecule has 2 aliphatic rings. The highest BCUT2D eigenvalue weighted by atomic mass is 32.1. The van der Waals surface area contributed by atoms with Crippen LogP contribution in [0, 0.1) is 5.92 Å². The van der Waals surface area contributed by atoms with Crippen LogP contribution in [0.15, 0.2) is 47.8 Å². The van der Waals surface area contributed by atoms with Crippen molar-refractivity contribution in [1.82, 2.24) is 14.8 Å². The standard InChI is InChI=1S/C21H21N3O2S/c25-20(16-13-15(16)19-6-3-11-27-19)23-7-9-24(10-8-23)21(26)18-12-14-4-1-2-5-17(14)22-18/h1-6,11-12,15-16,22H,7-10,13H2. The molecular weight excluding hydrogens is 358 g/mol. The first-order valence-electron chi connectivity index (χ1n) is 9.40. The molecule has 2 amide bonds. The van der Waals surface area contributed by atoms with Crippen LogP contribution < -0.4 is 0 Å². The van der Waals surface area contributed by atoms with Crippen molar-refractivity contribution < 1.29 is 9.59 Å². The lowest BCUT2D eigenvalue weighted by atomic mass is 10.2.